The van der Waals surface area contributed by atoms with Crippen LogP contribution in [0.5, 0.6) is 0 Å². The molecule has 0 aliphatic rings. The summed E-state index contributed by atoms with van der Waals surface area (Å²) in [6, 6.07) is 7.76. The average molecular weight is 239 g/mol. The Labute approximate surface area is 102 Å². The summed E-state index contributed by atoms with van der Waals surface area (Å²) in [6.07, 6.45) is 5.31. The smallest absolute Gasteiger partial charge is 0.0718 e. The molecule has 0 aliphatic heterocycles. The first-order valence-corrected chi connectivity index (χ1v) is 5.67. The molecule has 0 heterocycles. The van der Waals surface area contributed by atoms with E-state index in [2.05, 4.69) is 5.92 Å². The molecular weight excluding hydrogens is 224 g/mol. The molecule has 1 aromatic carbocycles. The van der Waals surface area contributed by atoms with E-state index in [1.807, 2.05) is 24.3 Å². The van der Waals surface area contributed by atoms with E-state index in [9.17, 15) is 0 Å². The molecular formula is C13H15ClO2. The van der Waals surface area contributed by atoms with Crippen LogP contribution in [0.25, 0.3) is 0 Å². The fourth-order valence-electron chi connectivity index (χ4n) is 1.22. The van der Waals surface area contributed by atoms with Crippen LogP contribution < -0.4 is 0 Å². The molecule has 0 spiro atoms. The second-order valence-electron chi connectivity index (χ2n) is 3.20. The van der Waals surface area contributed by atoms with Crippen molar-refractivity contribution in [1.29, 1.82) is 0 Å². The Hall–Kier alpha value is -1.01. The van der Waals surface area contributed by atoms with Gasteiger partial charge in [0.05, 0.1) is 26.4 Å². The van der Waals surface area contributed by atoms with Crippen molar-refractivity contribution in [1.82, 2.24) is 0 Å². The molecule has 1 rings (SSSR count). The molecule has 0 aliphatic carbocycles. The third kappa shape index (κ3) is 5.18. The lowest BCUT2D eigenvalue weighted by molar-refractivity contribution is 0.0459. The normalized spacial score (nSPS) is 10.0. The van der Waals surface area contributed by atoms with Gasteiger partial charge in [-0.2, -0.15) is 0 Å². The molecule has 0 unspecified atom stereocenters. The molecule has 0 fully saturated rings. The summed E-state index contributed by atoms with van der Waals surface area (Å²) in [5.41, 5.74) is 1.95. The maximum atomic E-state index is 5.46. The number of hydrogen-bond donors (Lipinski definition) is 0. The Morgan fingerprint density at radius 1 is 1.19 bits per heavy atom. The highest BCUT2D eigenvalue weighted by atomic mass is 35.5. The van der Waals surface area contributed by atoms with Crippen LogP contribution in [-0.2, 0) is 16.1 Å². The average Bonchev–Trinajstić information content (AvgIpc) is 2.34. The lowest BCUT2D eigenvalue weighted by Crippen LogP contribution is -2.05. The van der Waals surface area contributed by atoms with Gasteiger partial charge in [-0.3, -0.25) is 0 Å². The number of hydrogen-bond acceptors (Lipinski definition) is 2. The Bertz CT molecular complexity index is 344. The van der Waals surface area contributed by atoms with Crippen LogP contribution in [0, 0.1) is 12.3 Å². The Balaban J connectivity index is 2.19. The molecule has 0 saturated carbocycles. The minimum absolute atomic E-state index is 0.518. The van der Waals surface area contributed by atoms with Crippen molar-refractivity contribution in [3.8, 4) is 12.3 Å². The lowest BCUT2D eigenvalue weighted by atomic mass is 10.1. The van der Waals surface area contributed by atoms with E-state index < -0.39 is 0 Å². The molecule has 16 heavy (non-hydrogen) atoms. The van der Waals surface area contributed by atoms with Gasteiger partial charge < -0.3 is 9.47 Å². The first-order valence-electron chi connectivity index (χ1n) is 5.14. The van der Waals surface area contributed by atoms with Crippen LogP contribution >= 0.6 is 11.6 Å². The van der Waals surface area contributed by atoms with E-state index in [0.717, 1.165) is 11.1 Å². The summed E-state index contributed by atoms with van der Waals surface area (Å²) in [5, 5.41) is 0. The van der Waals surface area contributed by atoms with E-state index >= 15 is 0 Å². The maximum Gasteiger partial charge on any atom is 0.0718 e. The predicted molar refractivity (Wildman–Crippen MR) is 65.6 cm³/mol. The highest BCUT2D eigenvalue weighted by Gasteiger charge is 1.94. The zero-order chi connectivity index (χ0) is 11.6. The third-order valence-corrected chi connectivity index (χ3v) is 2.11. The van der Waals surface area contributed by atoms with Gasteiger partial charge in [-0.25, -0.2) is 0 Å². The van der Waals surface area contributed by atoms with Gasteiger partial charge in [0, 0.05) is 11.4 Å². The second-order valence-corrected chi connectivity index (χ2v) is 3.58. The van der Waals surface area contributed by atoms with E-state index in [1.165, 1.54) is 0 Å². The molecule has 0 aromatic heterocycles. The van der Waals surface area contributed by atoms with Crippen LogP contribution in [0.2, 0.25) is 0 Å². The highest BCUT2D eigenvalue weighted by molar-refractivity contribution is 6.17. The number of terminal acetylenes is 1. The van der Waals surface area contributed by atoms with E-state index in [-0.39, 0.29) is 0 Å². The standard InChI is InChI=1S/C13H15ClO2/c1-2-12-4-3-5-13(10-12)11-16-9-8-15-7-6-14/h1,3-5,10H,6-9,11H2. The SMILES string of the molecule is C#Cc1cccc(COCCOCCCl)c1. The second kappa shape index (κ2) is 8.18. The predicted octanol–water partition coefficient (Wildman–Crippen LogP) is 2.44. The quantitative estimate of drug-likeness (QED) is 0.413. The monoisotopic (exact) mass is 238 g/mol. The van der Waals surface area contributed by atoms with Crippen molar-refractivity contribution in [2.75, 3.05) is 25.7 Å². The Morgan fingerprint density at radius 2 is 2.00 bits per heavy atom. The van der Waals surface area contributed by atoms with Gasteiger partial charge in [0.1, 0.15) is 0 Å². The fraction of sp³-hybridized carbons (Fsp3) is 0.385. The van der Waals surface area contributed by atoms with Crippen molar-refractivity contribution in [2.45, 2.75) is 6.61 Å². The number of benzene rings is 1. The van der Waals surface area contributed by atoms with Gasteiger partial charge in [-0.05, 0) is 17.7 Å². The maximum absolute atomic E-state index is 5.46. The van der Waals surface area contributed by atoms with Crippen molar-refractivity contribution in [3.63, 3.8) is 0 Å². The zero-order valence-corrected chi connectivity index (χ0v) is 9.87. The van der Waals surface area contributed by atoms with Crippen molar-refractivity contribution in [3.05, 3.63) is 35.4 Å². The number of halogens is 1. The minimum atomic E-state index is 0.518. The summed E-state index contributed by atoms with van der Waals surface area (Å²) >= 11 is 5.46. The van der Waals surface area contributed by atoms with Gasteiger partial charge >= 0.3 is 0 Å². The number of rotatable bonds is 7. The van der Waals surface area contributed by atoms with Gasteiger partial charge in [0.15, 0.2) is 0 Å². The molecule has 0 radical (unpaired) electrons. The molecule has 0 bridgehead atoms. The molecule has 1 aromatic rings. The fourth-order valence-corrected chi connectivity index (χ4v) is 1.32. The summed E-state index contributed by atoms with van der Waals surface area (Å²) in [6.45, 7) is 2.26. The molecule has 0 atom stereocenters. The van der Waals surface area contributed by atoms with Crippen LogP contribution in [0.1, 0.15) is 11.1 Å². The zero-order valence-electron chi connectivity index (χ0n) is 9.12. The van der Waals surface area contributed by atoms with Crippen LogP contribution in [-0.4, -0.2) is 25.7 Å². The van der Waals surface area contributed by atoms with Gasteiger partial charge in [-0.1, -0.05) is 18.1 Å². The molecule has 3 heteroatoms. The van der Waals surface area contributed by atoms with Crippen LogP contribution in [0.4, 0.5) is 0 Å². The van der Waals surface area contributed by atoms with Crippen molar-refractivity contribution >= 4 is 11.6 Å². The highest BCUT2D eigenvalue weighted by Crippen LogP contribution is 2.05. The molecule has 0 N–H and O–H groups in total. The summed E-state index contributed by atoms with van der Waals surface area (Å²) in [4.78, 5) is 0. The number of ether oxygens (including phenoxy) is 2. The molecule has 86 valence electrons. The molecule has 0 saturated heterocycles. The first kappa shape index (κ1) is 13.1. The Kier molecular flexibility index (Phi) is 6.67. The van der Waals surface area contributed by atoms with E-state index in [0.29, 0.717) is 32.3 Å². The Morgan fingerprint density at radius 3 is 2.75 bits per heavy atom. The lowest BCUT2D eigenvalue weighted by Gasteiger charge is -2.05. The largest absolute Gasteiger partial charge is 0.378 e. The minimum Gasteiger partial charge on any atom is -0.378 e. The van der Waals surface area contributed by atoms with Gasteiger partial charge in [-0.15, -0.1) is 18.0 Å². The third-order valence-electron chi connectivity index (χ3n) is 1.96. The molecule has 0 amide bonds. The topological polar surface area (TPSA) is 18.5 Å². The first-order chi connectivity index (χ1) is 7.86. The summed E-state index contributed by atoms with van der Waals surface area (Å²) in [5.74, 6) is 3.11. The van der Waals surface area contributed by atoms with Gasteiger partial charge in [0.2, 0.25) is 0 Å². The van der Waals surface area contributed by atoms with E-state index in [4.69, 9.17) is 27.5 Å². The van der Waals surface area contributed by atoms with Crippen LogP contribution in [0.3, 0.4) is 0 Å². The van der Waals surface area contributed by atoms with E-state index in [1.54, 1.807) is 0 Å². The number of alkyl halides is 1. The van der Waals surface area contributed by atoms with Crippen LogP contribution in [0.15, 0.2) is 24.3 Å². The summed E-state index contributed by atoms with van der Waals surface area (Å²) < 4.78 is 10.6. The molecule has 2 nitrogen and oxygen atoms in total. The van der Waals surface area contributed by atoms with Gasteiger partial charge in [0.25, 0.3) is 0 Å². The van der Waals surface area contributed by atoms with Crippen molar-refractivity contribution < 1.29 is 9.47 Å². The summed E-state index contributed by atoms with van der Waals surface area (Å²) in [7, 11) is 0. The van der Waals surface area contributed by atoms with Crippen molar-refractivity contribution in [2.24, 2.45) is 0 Å².